The highest BCUT2D eigenvalue weighted by atomic mass is 32.2. The second-order valence-corrected chi connectivity index (χ2v) is 8.01. The Morgan fingerprint density at radius 2 is 1.78 bits per heavy atom. The first-order valence-electron chi connectivity index (χ1n) is 9.07. The lowest BCUT2D eigenvalue weighted by Crippen LogP contribution is -2.35. The van der Waals surface area contributed by atoms with Crippen LogP contribution in [0.5, 0.6) is 0 Å². The van der Waals surface area contributed by atoms with E-state index in [0.29, 0.717) is 25.2 Å². The molecule has 2 aromatic rings. The van der Waals surface area contributed by atoms with Crippen molar-refractivity contribution in [2.75, 3.05) is 29.9 Å². The van der Waals surface area contributed by atoms with Gasteiger partial charge in [-0.2, -0.15) is 0 Å². The van der Waals surface area contributed by atoms with E-state index >= 15 is 0 Å². The van der Waals surface area contributed by atoms with Crippen LogP contribution < -0.4 is 14.9 Å². The molecule has 7 heteroatoms. The topological polar surface area (TPSA) is 78.5 Å². The van der Waals surface area contributed by atoms with E-state index in [0.717, 1.165) is 12.2 Å². The molecule has 27 heavy (non-hydrogen) atoms. The average molecular weight is 390 g/mol. The Balaban J connectivity index is 1.96. The normalized spacial score (nSPS) is 11.2. The molecule has 1 amide bonds. The molecule has 0 aliphatic carbocycles. The number of amides is 1. The van der Waals surface area contributed by atoms with Crippen molar-refractivity contribution in [2.24, 2.45) is 0 Å². The van der Waals surface area contributed by atoms with E-state index in [-0.39, 0.29) is 10.8 Å². The van der Waals surface area contributed by atoms with Crippen molar-refractivity contribution < 1.29 is 13.2 Å². The number of hydrogen-bond acceptors (Lipinski definition) is 4. The number of benzene rings is 2. The molecule has 2 N–H and O–H groups in total. The van der Waals surface area contributed by atoms with Gasteiger partial charge in [-0.15, -0.1) is 0 Å². The van der Waals surface area contributed by atoms with Crippen molar-refractivity contribution in [1.29, 1.82) is 0 Å². The fraction of sp³-hybridized carbons (Fsp3) is 0.350. The van der Waals surface area contributed by atoms with E-state index in [1.165, 1.54) is 17.7 Å². The number of anilines is 2. The molecule has 2 aromatic carbocycles. The zero-order chi connectivity index (χ0) is 19.9. The Morgan fingerprint density at radius 1 is 1.07 bits per heavy atom. The molecule has 0 fully saturated rings. The quantitative estimate of drug-likeness (QED) is 0.691. The summed E-state index contributed by atoms with van der Waals surface area (Å²) in [5.74, 6) is -0.112. The van der Waals surface area contributed by atoms with Gasteiger partial charge >= 0.3 is 0 Å². The standard InChI is InChI=1S/C20H27N3O3S/c1-4-20(24)22-17-9-11-19(12-10-17)27(25,26)21-13-14-23(5-2)18-8-6-7-16(3)15-18/h6-12,15,21H,4-5,13-14H2,1-3H3,(H,22,24). The maximum atomic E-state index is 12.5. The summed E-state index contributed by atoms with van der Waals surface area (Å²) in [6.07, 6.45) is 0.372. The van der Waals surface area contributed by atoms with Gasteiger partial charge in [-0.05, 0) is 55.8 Å². The number of likely N-dealkylation sites (N-methyl/N-ethyl adjacent to an activating group) is 1. The minimum Gasteiger partial charge on any atom is -0.370 e. The molecule has 0 bridgehead atoms. The van der Waals surface area contributed by atoms with Crippen LogP contribution in [0.15, 0.2) is 53.4 Å². The van der Waals surface area contributed by atoms with Crippen LogP contribution in [0.3, 0.4) is 0 Å². The lowest BCUT2D eigenvalue weighted by atomic mass is 10.2. The van der Waals surface area contributed by atoms with E-state index in [2.05, 4.69) is 21.0 Å². The molecule has 0 saturated heterocycles. The van der Waals surface area contributed by atoms with Crippen LogP contribution >= 0.6 is 0 Å². The van der Waals surface area contributed by atoms with Crippen LogP contribution in [0.4, 0.5) is 11.4 Å². The van der Waals surface area contributed by atoms with Crippen molar-refractivity contribution in [1.82, 2.24) is 4.72 Å². The number of nitrogens with one attached hydrogen (secondary N) is 2. The largest absolute Gasteiger partial charge is 0.370 e. The second kappa shape index (κ2) is 9.53. The Labute approximate surface area is 161 Å². The maximum absolute atomic E-state index is 12.5. The highest BCUT2D eigenvalue weighted by Gasteiger charge is 2.14. The highest BCUT2D eigenvalue weighted by molar-refractivity contribution is 7.89. The smallest absolute Gasteiger partial charge is 0.240 e. The summed E-state index contributed by atoms with van der Waals surface area (Å²) in [4.78, 5) is 13.7. The van der Waals surface area contributed by atoms with Gasteiger partial charge in [0.25, 0.3) is 0 Å². The third kappa shape index (κ3) is 6.08. The second-order valence-electron chi connectivity index (χ2n) is 6.24. The first kappa shape index (κ1) is 20.9. The predicted molar refractivity (Wildman–Crippen MR) is 110 cm³/mol. The molecule has 0 unspecified atom stereocenters. The van der Waals surface area contributed by atoms with E-state index in [1.807, 2.05) is 32.0 Å². The van der Waals surface area contributed by atoms with Crippen molar-refractivity contribution >= 4 is 27.3 Å². The molecular formula is C20H27N3O3S. The Morgan fingerprint density at radius 3 is 2.37 bits per heavy atom. The molecular weight excluding hydrogens is 362 g/mol. The molecule has 6 nitrogen and oxygen atoms in total. The molecule has 0 atom stereocenters. The summed E-state index contributed by atoms with van der Waals surface area (Å²) in [6, 6.07) is 14.3. The lowest BCUT2D eigenvalue weighted by Gasteiger charge is -2.23. The lowest BCUT2D eigenvalue weighted by molar-refractivity contribution is -0.115. The van der Waals surface area contributed by atoms with E-state index in [9.17, 15) is 13.2 Å². The molecule has 146 valence electrons. The van der Waals surface area contributed by atoms with Gasteiger partial charge in [0, 0.05) is 37.4 Å². The molecule has 0 aliphatic heterocycles. The highest BCUT2D eigenvalue weighted by Crippen LogP contribution is 2.16. The summed E-state index contributed by atoms with van der Waals surface area (Å²) >= 11 is 0. The van der Waals surface area contributed by atoms with Crippen LogP contribution in [0, 0.1) is 6.92 Å². The van der Waals surface area contributed by atoms with Crippen LogP contribution in [0.25, 0.3) is 0 Å². The molecule has 0 aliphatic rings. The minimum atomic E-state index is -3.59. The summed E-state index contributed by atoms with van der Waals surface area (Å²) in [7, 11) is -3.59. The van der Waals surface area contributed by atoms with Crippen molar-refractivity contribution in [3.05, 3.63) is 54.1 Å². The number of hydrogen-bond donors (Lipinski definition) is 2. The van der Waals surface area contributed by atoms with Gasteiger partial charge in [0.2, 0.25) is 15.9 Å². The number of aryl methyl sites for hydroxylation is 1. The number of rotatable bonds is 9. The van der Waals surface area contributed by atoms with Gasteiger partial charge in [-0.3, -0.25) is 4.79 Å². The van der Waals surface area contributed by atoms with Crippen LogP contribution in [-0.2, 0) is 14.8 Å². The Kier molecular flexibility index (Phi) is 7.38. The first-order valence-corrected chi connectivity index (χ1v) is 10.5. The van der Waals surface area contributed by atoms with Crippen LogP contribution in [0.2, 0.25) is 0 Å². The molecule has 0 spiro atoms. The third-order valence-corrected chi connectivity index (χ3v) is 5.67. The van der Waals surface area contributed by atoms with Gasteiger partial charge in [-0.25, -0.2) is 13.1 Å². The van der Waals surface area contributed by atoms with Gasteiger partial charge in [0.05, 0.1) is 4.90 Å². The first-order chi connectivity index (χ1) is 12.9. The SMILES string of the molecule is CCC(=O)Nc1ccc(S(=O)(=O)NCCN(CC)c2cccc(C)c2)cc1. The summed E-state index contributed by atoms with van der Waals surface area (Å²) in [6.45, 7) is 7.50. The fourth-order valence-electron chi connectivity index (χ4n) is 2.66. The van der Waals surface area contributed by atoms with Crippen molar-refractivity contribution in [3.63, 3.8) is 0 Å². The molecule has 2 rings (SSSR count). The molecule has 0 aromatic heterocycles. The zero-order valence-corrected chi connectivity index (χ0v) is 16.8. The summed E-state index contributed by atoms with van der Waals surface area (Å²) in [5.41, 5.74) is 2.83. The van der Waals surface area contributed by atoms with Crippen molar-refractivity contribution in [2.45, 2.75) is 32.1 Å². The van der Waals surface area contributed by atoms with Gasteiger partial charge < -0.3 is 10.2 Å². The fourth-order valence-corrected chi connectivity index (χ4v) is 3.68. The minimum absolute atomic E-state index is 0.112. The van der Waals surface area contributed by atoms with E-state index in [4.69, 9.17) is 0 Å². The van der Waals surface area contributed by atoms with Gasteiger partial charge in [-0.1, -0.05) is 19.1 Å². The summed E-state index contributed by atoms with van der Waals surface area (Å²) in [5, 5.41) is 2.70. The number of nitrogens with zero attached hydrogens (tertiary/aromatic N) is 1. The van der Waals surface area contributed by atoms with Crippen LogP contribution in [0.1, 0.15) is 25.8 Å². The van der Waals surface area contributed by atoms with E-state index < -0.39 is 10.0 Å². The van der Waals surface area contributed by atoms with Crippen molar-refractivity contribution in [3.8, 4) is 0 Å². The molecule has 0 radical (unpaired) electrons. The molecule has 0 saturated carbocycles. The number of sulfonamides is 1. The average Bonchev–Trinajstić information content (AvgIpc) is 2.65. The van der Waals surface area contributed by atoms with E-state index in [1.54, 1.807) is 19.1 Å². The predicted octanol–water partition coefficient (Wildman–Crippen LogP) is 3.15. The Hall–Kier alpha value is -2.38. The van der Waals surface area contributed by atoms with Gasteiger partial charge in [0.1, 0.15) is 0 Å². The number of carbonyl (C=O) groups excluding carboxylic acids is 1. The summed E-state index contributed by atoms with van der Waals surface area (Å²) < 4.78 is 27.6. The number of carbonyl (C=O) groups is 1. The van der Waals surface area contributed by atoms with Crippen LogP contribution in [-0.4, -0.2) is 34.0 Å². The zero-order valence-electron chi connectivity index (χ0n) is 16.0. The Bertz CT molecular complexity index is 864. The monoisotopic (exact) mass is 389 g/mol. The maximum Gasteiger partial charge on any atom is 0.240 e. The van der Waals surface area contributed by atoms with Gasteiger partial charge in [0.15, 0.2) is 0 Å². The third-order valence-electron chi connectivity index (χ3n) is 4.19. The molecule has 0 heterocycles.